The molecule has 1 aromatic heterocycles. The van der Waals surface area contributed by atoms with Gasteiger partial charge < -0.3 is 9.64 Å². The quantitative estimate of drug-likeness (QED) is 0.496. The van der Waals surface area contributed by atoms with Crippen molar-refractivity contribution in [3.8, 4) is 16.9 Å². The normalized spacial score (nSPS) is 10.5. The topological polar surface area (TPSA) is 64.4 Å². The predicted molar refractivity (Wildman–Crippen MR) is 104 cm³/mol. The van der Waals surface area contributed by atoms with Gasteiger partial charge in [0.1, 0.15) is 0 Å². The molecular weight excluding hydrogens is 342 g/mol. The fourth-order valence-electron chi connectivity index (χ4n) is 2.70. The molecular formula is C21H21N3O3. The monoisotopic (exact) mass is 363 g/mol. The molecule has 0 aliphatic carbocycles. The number of carbonyl (C=O) groups is 2. The summed E-state index contributed by atoms with van der Waals surface area (Å²) in [6, 6.07) is 17.1. The number of ether oxygens (including phenoxy) is 1. The molecule has 0 atom stereocenters. The SMILES string of the molecule is CCOC(=O)c1cc(-c2ccc(C)cc2)n(-c2ccc(N(C)C=O)cc2)n1. The van der Waals surface area contributed by atoms with Gasteiger partial charge in [0.25, 0.3) is 0 Å². The van der Waals surface area contributed by atoms with Crippen LogP contribution < -0.4 is 4.90 Å². The first-order valence-corrected chi connectivity index (χ1v) is 8.66. The van der Waals surface area contributed by atoms with Crippen molar-refractivity contribution in [2.24, 2.45) is 0 Å². The van der Waals surface area contributed by atoms with E-state index in [9.17, 15) is 9.59 Å². The second-order valence-corrected chi connectivity index (χ2v) is 6.15. The first-order valence-electron chi connectivity index (χ1n) is 8.66. The van der Waals surface area contributed by atoms with E-state index < -0.39 is 5.97 Å². The smallest absolute Gasteiger partial charge is 0.358 e. The van der Waals surface area contributed by atoms with Crippen LogP contribution in [0.4, 0.5) is 5.69 Å². The van der Waals surface area contributed by atoms with Crippen LogP contribution in [0.1, 0.15) is 23.0 Å². The maximum atomic E-state index is 12.2. The number of benzene rings is 2. The molecule has 6 nitrogen and oxygen atoms in total. The van der Waals surface area contributed by atoms with E-state index in [4.69, 9.17) is 4.74 Å². The lowest BCUT2D eigenvalue weighted by Crippen LogP contribution is -2.13. The number of anilines is 1. The summed E-state index contributed by atoms with van der Waals surface area (Å²) in [6.45, 7) is 4.07. The van der Waals surface area contributed by atoms with Crippen LogP contribution in [0.5, 0.6) is 0 Å². The highest BCUT2D eigenvalue weighted by molar-refractivity contribution is 5.89. The average molecular weight is 363 g/mol. The summed E-state index contributed by atoms with van der Waals surface area (Å²) in [7, 11) is 1.69. The van der Waals surface area contributed by atoms with Crippen LogP contribution >= 0.6 is 0 Å². The van der Waals surface area contributed by atoms with Gasteiger partial charge in [-0.25, -0.2) is 9.48 Å². The molecule has 1 amide bonds. The molecule has 0 fully saturated rings. The molecule has 0 bridgehead atoms. The van der Waals surface area contributed by atoms with Crippen LogP contribution in [0.2, 0.25) is 0 Å². The second kappa shape index (κ2) is 7.86. The zero-order valence-corrected chi connectivity index (χ0v) is 15.5. The minimum Gasteiger partial charge on any atom is -0.461 e. The molecule has 3 aromatic rings. The Morgan fingerprint density at radius 1 is 1.15 bits per heavy atom. The third-order valence-corrected chi connectivity index (χ3v) is 4.20. The highest BCUT2D eigenvalue weighted by Crippen LogP contribution is 2.26. The molecule has 0 saturated heterocycles. The molecule has 2 aromatic carbocycles. The lowest BCUT2D eigenvalue weighted by Gasteiger charge is -2.12. The van der Waals surface area contributed by atoms with Gasteiger partial charge in [-0.2, -0.15) is 5.10 Å². The third kappa shape index (κ3) is 3.89. The van der Waals surface area contributed by atoms with Gasteiger partial charge in [0.15, 0.2) is 5.69 Å². The Hall–Kier alpha value is -3.41. The van der Waals surface area contributed by atoms with Crippen molar-refractivity contribution in [1.82, 2.24) is 9.78 Å². The standard InChI is InChI=1S/C21H21N3O3/c1-4-27-21(26)19-13-20(16-7-5-15(2)6-8-16)24(22-19)18-11-9-17(10-12-18)23(3)14-25/h5-14H,4H2,1-3H3. The molecule has 0 N–H and O–H groups in total. The van der Waals surface area contributed by atoms with Crippen molar-refractivity contribution in [2.75, 3.05) is 18.6 Å². The van der Waals surface area contributed by atoms with E-state index in [0.717, 1.165) is 34.6 Å². The summed E-state index contributed by atoms with van der Waals surface area (Å²) in [5.41, 5.74) is 4.68. The van der Waals surface area contributed by atoms with Crippen LogP contribution in [0.3, 0.4) is 0 Å². The lowest BCUT2D eigenvalue weighted by atomic mass is 10.1. The number of hydrogen-bond acceptors (Lipinski definition) is 4. The Morgan fingerprint density at radius 3 is 2.41 bits per heavy atom. The minimum absolute atomic E-state index is 0.251. The Labute approximate surface area is 158 Å². The maximum Gasteiger partial charge on any atom is 0.358 e. The maximum absolute atomic E-state index is 12.2. The number of amides is 1. The van der Waals surface area contributed by atoms with Crippen molar-refractivity contribution in [3.63, 3.8) is 0 Å². The largest absolute Gasteiger partial charge is 0.461 e. The summed E-state index contributed by atoms with van der Waals surface area (Å²) in [5, 5.41) is 4.45. The Kier molecular flexibility index (Phi) is 5.35. The molecule has 0 saturated carbocycles. The van der Waals surface area contributed by atoms with Crippen molar-refractivity contribution >= 4 is 18.1 Å². The molecule has 27 heavy (non-hydrogen) atoms. The van der Waals surface area contributed by atoms with Crippen LogP contribution in [-0.4, -0.2) is 35.8 Å². The van der Waals surface area contributed by atoms with Gasteiger partial charge in [-0.1, -0.05) is 29.8 Å². The molecule has 1 heterocycles. The number of aromatic nitrogens is 2. The fourth-order valence-corrected chi connectivity index (χ4v) is 2.70. The number of nitrogens with zero attached hydrogens (tertiary/aromatic N) is 3. The Morgan fingerprint density at radius 2 is 1.81 bits per heavy atom. The highest BCUT2D eigenvalue weighted by atomic mass is 16.5. The van der Waals surface area contributed by atoms with Gasteiger partial charge in [0, 0.05) is 18.3 Å². The molecule has 138 valence electrons. The van der Waals surface area contributed by atoms with Crippen molar-refractivity contribution < 1.29 is 14.3 Å². The van der Waals surface area contributed by atoms with Crippen LogP contribution in [0, 0.1) is 6.92 Å². The molecule has 0 unspecified atom stereocenters. The van der Waals surface area contributed by atoms with E-state index in [0.29, 0.717) is 0 Å². The number of esters is 1. The van der Waals surface area contributed by atoms with Crippen LogP contribution in [0.25, 0.3) is 16.9 Å². The summed E-state index contributed by atoms with van der Waals surface area (Å²) in [5.74, 6) is -0.457. The average Bonchev–Trinajstić information content (AvgIpc) is 3.14. The third-order valence-electron chi connectivity index (χ3n) is 4.20. The molecule has 3 rings (SSSR count). The minimum atomic E-state index is -0.457. The number of hydrogen-bond donors (Lipinski definition) is 0. The van der Waals surface area contributed by atoms with Gasteiger partial charge in [0.2, 0.25) is 6.41 Å². The van der Waals surface area contributed by atoms with Gasteiger partial charge in [-0.15, -0.1) is 0 Å². The number of rotatable bonds is 6. The van der Waals surface area contributed by atoms with Crippen LogP contribution in [-0.2, 0) is 9.53 Å². The van der Waals surface area contributed by atoms with Crippen molar-refractivity contribution in [3.05, 3.63) is 65.9 Å². The van der Waals surface area contributed by atoms with E-state index >= 15 is 0 Å². The Balaban J connectivity index is 2.08. The van der Waals surface area contributed by atoms with E-state index in [1.165, 1.54) is 4.90 Å². The first-order chi connectivity index (χ1) is 13.0. The van der Waals surface area contributed by atoms with E-state index in [2.05, 4.69) is 5.10 Å². The summed E-state index contributed by atoms with van der Waals surface area (Å²) >= 11 is 0. The molecule has 0 aliphatic heterocycles. The predicted octanol–water partition coefficient (Wildman–Crippen LogP) is 3.62. The Bertz CT molecular complexity index is 944. The summed E-state index contributed by atoms with van der Waals surface area (Å²) in [6.07, 6.45) is 0.750. The molecule has 0 aliphatic rings. The second-order valence-electron chi connectivity index (χ2n) is 6.15. The molecule has 6 heteroatoms. The number of aryl methyl sites for hydroxylation is 1. The zero-order valence-electron chi connectivity index (χ0n) is 15.5. The van der Waals surface area contributed by atoms with Crippen molar-refractivity contribution in [2.45, 2.75) is 13.8 Å². The van der Waals surface area contributed by atoms with Crippen molar-refractivity contribution in [1.29, 1.82) is 0 Å². The van der Waals surface area contributed by atoms with Gasteiger partial charge in [-0.3, -0.25) is 4.79 Å². The van der Waals surface area contributed by atoms with Gasteiger partial charge >= 0.3 is 5.97 Å². The molecule has 0 spiro atoms. The number of carbonyl (C=O) groups excluding carboxylic acids is 2. The van der Waals surface area contributed by atoms with E-state index in [-0.39, 0.29) is 12.3 Å². The van der Waals surface area contributed by atoms with Gasteiger partial charge in [0.05, 0.1) is 18.0 Å². The summed E-state index contributed by atoms with van der Waals surface area (Å²) in [4.78, 5) is 24.6. The van der Waals surface area contributed by atoms with Gasteiger partial charge in [-0.05, 0) is 44.2 Å². The first kappa shape index (κ1) is 18.4. The highest BCUT2D eigenvalue weighted by Gasteiger charge is 2.17. The lowest BCUT2D eigenvalue weighted by molar-refractivity contribution is -0.107. The summed E-state index contributed by atoms with van der Waals surface area (Å²) < 4.78 is 6.80. The van der Waals surface area contributed by atoms with E-state index in [1.807, 2.05) is 55.5 Å². The van der Waals surface area contributed by atoms with E-state index in [1.54, 1.807) is 24.7 Å². The fraction of sp³-hybridized carbons (Fsp3) is 0.190. The zero-order chi connectivity index (χ0) is 19.4. The molecule has 0 radical (unpaired) electrons. The van der Waals surface area contributed by atoms with Crippen LogP contribution in [0.15, 0.2) is 54.6 Å².